The van der Waals surface area contributed by atoms with Gasteiger partial charge in [-0.1, -0.05) is 44.2 Å². The molecule has 4 heteroatoms. The molecular formula is C21H26N2O2. The minimum absolute atomic E-state index is 0.267. The summed E-state index contributed by atoms with van der Waals surface area (Å²) in [5, 5.41) is 0. The molecule has 1 aliphatic rings. The van der Waals surface area contributed by atoms with Gasteiger partial charge in [0.1, 0.15) is 5.75 Å². The van der Waals surface area contributed by atoms with Crippen LogP contribution in [0.25, 0.3) is 0 Å². The lowest BCUT2D eigenvalue weighted by atomic mass is 10.1. The Morgan fingerprint density at radius 2 is 1.60 bits per heavy atom. The number of carbonyl (C=O) groups excluding carboxylic acids is 1. The van der Waals surface area contributed by atoms with Gasteiger partial charge in [-0.15, -0.1) is 0 Å². The van der Waals surface area contributed by atoms with Crippen molar-refractivity contribution in [3.8, 4) is 11.5 Å². The first kappa shape index (κ1) is 17.3. The summed E-state index contributed by atoms with van der Waals surface area (Å²) in [6.07, 6.45) is 0.633. The van der Waals surface area contributed by atoms with Crippen molar-refractivity contribution in [2.75, 3.05) is 31.1 Å². The topological polar surface area (TPSA) is 32.8 Å². The average molecular weight is 338 g/mol. The molecule has 0 N–H and O–H groups in total. The first-order valence-electron chi connectivity index (χ1n) is 8.98. The van der Waals surface area contributed by atoms with E-state index in [9.17, 15) is 4.79 Å². The number of hydrogen-bond donors (Lipinski definition) is 0. The van der Waals surface area contributed by atoms with E-state index in [1.165, 1.54) is 0 Å². The predicted molar refractivity (Wildman–Crippen MR) is 101 cm³/mol. The number of benzene rings is 2. The summed E-state index contributed by atoms with van der Waals surface area (Å²) in [6.45, 7) is 7.38. The fourth-order valence-corrected chi connectivity index (χ4v) is 3.10. The number of nitrogens with zero attached hydrogens (tertiary/aromatic N) is 2. The molecular weight excluding hydrogens is 312 g/mol. The van der Waals surface area contributed by atoms with E-state index in [2.05, 4.69) is 24.8 Å². The first-order valence-corrected chi connectivity index (χ1v) is 8.98. The van der Waals surface area contributed by atoms with Gasteiger partial charge in [0.25, 0.3) is 0 Å². The van der Waals surface area contributed by atoms with Crippen molar-refractivity contribution in [2.24, 2.45) is 5.92 Å². The summed E-state index contributed by atoms with van der Waals surface area (Å²) < 4.78 is 6.07. The number of ether oxygens (including phenoxy) is 1. The van der Waals surface area contributed by atoms with Crippen LogP contribution in [0.2, 0.25) is 0 Å². The Balaban J connectivity index is 1.66. The van der Waals surface area contributed by atoms with Crippen molar-refractivity contribution in [1.82, 2.24) is 4.90 Å². The SMILES string of the molecule is CC(C)CC(=O)N1CCN(c2ccccc2Oc2ccccc2)CC1. The number of amides is 1. The van der Waals surface area contributed by atoms with Gasteiger partial charge >= 0.3 is 0 Å². The molecule has 1 saturated heterocycles. The van der Waals surface area contributed by atoms with Gasteiger partial charge in [0.15, 0.2) is 5.75 Å². The van der Waals surface area contributed by atoms with E-state index >= 15 is 0 Å². The molecule has 1 amide bonds. The van der Waals surface area contributed by atoms with Crippen LogP contribution in [0.4, 0.5) is 5.69 Å². The highest BCUT2D eigenvalue weighted by Gasteiger charge is 2.23. The molecule has 3 rings (SSSR count). The van der Waals surface area contributed by atoms with E-state index in [1.807, 2.05) is 53.4 Å². The van der Waals surface area contributed by atoms with Crippen molar-refractivity contribution in [1.29, 1.82) is 0 Å². The largest absolute Gasteiger partial charge is 0.455 e. The number of anilines is 1. The van der Waals surface area contributed by atoms with E-state index in [0.29, 0.717) is 12.3 Å². The molecule has 4 nitrogen and oxygen atoms in total. The lowest BCUT2D eigenvalue weighted by molar-refractivity contribution is -0.132. The summed E-state index contributed by atoms with van der Waals surface area (Å²) >= 11 is 0. The van der Waals surface area contributed by atoms with Crippen LogP contribution in [0.3, 0.4) is 0 Å². The average Bonchev–Trinajstić information content (AvgIpc) is 2.63. The Bertz CT molecular complexity index is 692. The normalized spacial score (nSPS) is 14.7. The molecule has 0 atom stereocenters. The summed E-state index contributed by atoms with van der Waals surface area (Å²) in [5.41, 5.74) is 1.09. The Labute approximate surface area is 150 Å². The number of carbonyl (C=O) groups is 1. The molecule has 0 saturated carbocycles. The van der Waals surface area contributed by atoms with Gasteiger partial charge in [0.05, 0.1) is 5.69 Å². The van der Waals surface area contributed by atoms with Gasteiger partial charge in [-0.2, -0.15) is 0 Å². The molecule has 0 unspecified atom stereocenters. The van der Waals surface area contributed by atoms with Gasteiger partial charge < -0.3 is 14.5 Å². The van der Waals surface area contributed by atoms with Crippen LogP contribution in [-0.2, 0) is 4.79 Å². The van der Waals surface area contributed by atoms with E-state index in [0.717, 1.165) is 43.4 Å². The molecule has 132 valence electrons. The minimum Gasteiger partial charge on any atom is -0.455 e. The maximum Gasteiger partial charge on any atom is 0.222 e. The quantitative estimate of drug-likeness (QED) is 0.820. The third-order valence-corrected chi connectivity index (χ3v) is 4.39. The number of para-hydroxylation sites is 3. The van der Waals surface area contributed by atoms with Crippen molar-refractivity contribution in [3.63, 3.8) is 0 Å². The second-order valence-electron chi connectivity index (χ2n) is 6.85. The van der Waals surface area contributed by atoms with Gasteiger partial charge in [0.2, 0.25) is 5.91 Å². The number of piperazine rings is 1. The van der Waals surface area contributed by atoms with Crippen molar-refractivity contribution in [3.05, 3.63) is 54.6 Å². The Morgan fingerprint density at radius 1 is 0.960 bits per heavy atom. The van der Waals surface area contributed by atoms with Gasteiger partial charge in [-0.3, -0.25) is 4.79 Å². The highest BCUT2D eigenvalue weighted by molar-refractivity contribution is 5.76. The molecule has 2 aromatic carbocycles. The zero-order valence-corrected chi connectivity index (χ0v) is 15.0. The fraction of sp³-hybridized carbons (Fsp3) is 0.381. The molecule has 0 aromatic heterocycles. The molecule has 25 heavy (non-hydrogen) atoms. The molecule has 0 spiro atoms. The molecule has 0 radical (unpaired) electrons. The summed E-state index contributed by atoms with van der Waals surface area (Å²) in [4.78, 5) is 16.5. The monoisotopic (exact) mass is 338 g/mol. The van der Waals surface area contributed by atoms with Crippen molar-refractivity contribution in [2.45, 2.75) is 20.3 Å². The van der Waals surface area contributed by atoms with E-state index in [-0.39, 0.29) is 5.91 Å². The second kappa shape index (κ2) is 8.06. The summed E-state index contributed by atoms with van der Waals surface area (Å²) in [6, 6.07) is 17.9. The predicted octanol–water partition coefficient (Wildman–Crippen LogP) is 4.17. The Hall–Kier alpha value is -2.49. The Morgan fingerprint density at radius 3 is 2.28 bits per heavy atom. The lowest BCUT2D eigenvalue weighted by Gasteiger charge is -2.37. The van der Waals surface area contributed by atoms with Gasteiger partial charge in [-0.25, -0.2) is 0 Å². The smallest absolute Gasteiger partial charge is 0.222 e. The fourth-order valence-electron chi connectivity index (χ4n) is 3.10. The van der Waals surface area contributed by atoms with E-state index < -0.39 is 0 Å². The number of rotatable bonds is 5. The van der Waals surface area contributed by atoms with Gasteiger partial charge in [0, 0.05) is 32.6 Å². The second-order valence-corrected chi connectivity index (χ2v) is 6.85. The van der Waals surface area contributed by atoms with Crippen LogP contribution in [0.5, 0.6) is 11.5 Å². The summed E-state index contributed by atoms with van der Waals surface area (Å²) in [5.74, 6) is 2.37. The van der Waals surface area contributed by atoms with Crippen LogP contribution in [0.1, 0.15) is 20.3 Å². The minimum atomic E-state index is 0.267. The molecule has 0 aliphatic carbocycles. The zero-order valence-electron chi connectivity index (χ0n) is 15.0. The molecule has 1 fully saturated rings. The standard InChI is InChI=1S/C21H26N2O2/c1-17(2)16-21(24)23-14-12-22(13-15-23)19-10-6-7-11-20(19)25-18-8-4-3-5-9-18/h3-11,17H,12-16H2,1-2H3. The highest BCUT2D eigenvalue weighted by Crippen LogP contribution is 2.32. The van der Waals surface area contributed by atoms with Crippen LogP contribution in [0.15, 0.2) is 54.6 Å². The van der Waals surface area contributed by atoms with Crippen molar-refractivity contribution < 1.29 is 9.53 Å². The van der Waals surface area contributed by atoms with Crippen LogP contribution >= 0.6 is 0 Å². The Kier molecular flexibility index (Phi) is 5.59. The zero-order chi connectivity index (χ0) is 17.6. The molecule has 1 heterocycles. The maximum absolute atomic E-state index is 12.2. The van der Waals surface area contributed by atoms with E-state index in [4.69, 9.17) is 4.74 Å². The lowest BCUT2D eigenvalue weighted by Crippen LogP contribution is -2.49. The first-order chi connectivity index (χ1) is 12.1. The number of hydrogen-bond acceptors (Lipinski definition) is 3. The van der Waals surface area contributed by atoms with Crippen molar-refractivity contribution >= 4 is 11.6 Å². The highest BCUT2D eigenvalue weighted by atomic mass is 16.5. The maximum atomic E-state index is 12.2. The molecule has 1 aliphatic heterocycles. The van der Waals surface area contributed by atoms with E-state index in [1.54, 1.807) is 0 Å². The van der Waals surface area contributed by atoms with Crippen LogP contribution in [-0.4, -0.2) is 37.0 Å². The third kappa shape index (κ3) is 4.53. The molecule has 0 bridgehead atoms. The van der Waals surface area contributed by atoms with Crippen LogP contribution < -0.4 is 9.64 Å². The molecule has 2 aromatic rings. The third-order valence-electron chi connectivity index (χ3n) is 4.39. The summed E-state index contributed by atoms with van der Waals surface area (Å²) in [7, 11) is 0. The van der Waals surface area contributed by atoms with Crippen LogP contribution in [0, 0.1) is 5.92 Å². The van der Waals surface area contributed by atoms with Gasteiger partial charge in [-0.05, 0) is 30.2 Å².